The first-order valence-electron chi connectivity index (χ1n) is 10.6. The molecule has 172 valence electrons. The Hall–Kier alpha value is -3.84. The first kappa shape index (κ1) is 22.0. The maximum absolute atomic E-state index is 15.0. The summed E-state index contributed by atoms with van der Waals surface area (Å²) < 4.78 is 25.7. The van der Waals surface area contributed by atoms with E-state index in [1.165, 1.54) is 31.4 Å². The molecule has 0 bridgehead atoms. The molecule has 0 aromatic heterocycles. The molecule has 3 aromatic carbocycles. The van der Waals surface area contributed by atoms with E-state index in [4.69, 9.17) is 21.1 Å². The van der Waals surface area contributed by atoms with Crippen molar-refractivity contribution < 1.29 is 28.6 Å². The lowest BCUT2D eigenvalue weighted by atomic mass is 9.94. The minimum absolute atomic E-state index is 0.0692. The van der Waals surface area contributed by atoms with E-state index in [-0.39, 0.29) is 27.6 Å². The van der Waals surface area contributed by atoms with Crippen LogP contribution in [0.4, 0.5) is 10.1 Å². The highest BCUT2D eigenvalue weighted by molar-refractivity contribution is 6.51. The smallest absolute Gasteiger partial charge is 0.300 e. The molecule has 0 radical (unpaired) electrons. The van der Waals surface area contributed by atoms with Crippen LogP contribution in [0.3, 0.4) is 0 Å². The third-order valence-electron chi connectivity index (χ3n) is 6.02. The van der Waals surface area contributed by atoms with E-state index in [1.807, 2.05) is 0 Å². The summed E-state index contributed by atoms with van der Waals surface area (Å²) in [5.41, 5.74) is 1.35. The standard InChI is InChI=1S/C26H19ClFNO5/c1-33-21-9-7-16(13-18(21)27)29-23(17-4-2-3-5-19(17)28)22(25(31)26(29)32)24(30)15-6-8-20-14(12-15)10-11-34-20/h2-9,12-13,23,30H,10-11H2,1H3/b24-22+. The van der Waals surface area contributed by atoms with Crippen LogP contribution in [0.25, 0.3) is 5.76 Å². The highest BCUT2D eigenvalue weighted by Gasteiger charge is 2.48. The van der Waals surface area contributed by atoms with Gasteiger partial charge in [0.15, 0.2) is 0 Å². The van der Waals surface area contributed by atoms with Crippen molar-refractivity contribution in [2.75, 3.05) is 18.6 Å². The Morgan fingerprint density at radius 2 is 1.94 bits per heavy atom. The summed E-state index contributed by atoms with van der Waals surface area (Å²) in [6.45, 7) is 0.525. The van der Waals surface area contributed by atoms with Crippen LogP contribution < -0.4 is 14.4 Å². The van der Waals surface area contributed by atoms with E-state index >= 15 is 0 Å². The van der Waals surface area contributed by atoms with Crippen molar-refractivity contribution in [3.63, 3.8) is 0 Å². The number of amides is 1. The number of hydrogen-bond acceptors (Lipinski definition) is 5. The molecule has 0 saturated carbocycles. The minimum Gasteiger partial charge on any atom is -0.507 e. The van der Waals surface area contributed by atoms with Gasteiger partial charge < -0.3 is 14.6 Å². The van der Waals surface area contributed by atoms with Crippen molar-refractivity contribution >= 4 is 34.7 Å². The molecule has 2 aliphatic heterocycles. The number of ether oxygens (including phenoxy) is 2. The van der Waals surface area contributed by atoms with Crippen LogP contribution in [0.15, 0.2) is 66.2 Å². The van der Waals surface area contributed by atoms with Gasteiger partial charge in [-0.05, 0) is 48.0 Å². The monoisotopic (exact) mass is 479 g/mol. The van der Waals surface area contributed by atoms with Crippen molar-refractivity contribution in [3.8, 4) is 11.5 Å². The molecule has 0 spiro atoms. The molecule has 2 aliphatic rings. The fourth-order valence-corrected chi connectivity index (χ4v) is 4.64. The predicted octanol–water partition coefficient (Wildman–Crippen LogP) is 5.05. The van der Waals surface area contributed by atoms with Crippen LogP contribution in [0.2, 0.25) is 5.02 Å². The molecule has 1 fully saturated rings. The molecule has 1 atom stereocenters. The summed E-state index contributed by atoms with van der Waals surface area (Å²) in [4.78, 5) is 27.6. The number of benzene rings is 3. The molecule has 8 heteroatoms. The van der Waals surface area contributed by atoms with E-state index in [0.29, 0.717) is 30.1 Å². The number of hydrogen-bond donors (Lipinski definition) is 1. The Kier molecular flexibility index (Phi) is 5.49. The average molecular weight is 480 g/mol. The second-order valence-corrected chi connectivity index (χ2v) is 8.34. The highest BCUT2D eigenvalue weighted by Crippen LogP contribution is 2.44. The SMILES string of the molecule is COc1ccc(N2C(=O)C(=O)/C(=C(/O)c3ccc4c(c3)CCO4)C2c2ccccc2F)cc1Cl. The number of rotatable bonds is 4. The van der Waals surface area contributed by atoms with Gasteiger partial charge >= 0.3 is 0 Å². The van der Waals surface area contributed by atoms with Crippen molar-refractivity contribution in [3.05, 3.63) is 93.8 Å². The zero-order valence-corrected chi connectivity index (χ0v) is 18.8. The number of Topliss-reactive ketones (excluding diaryl/α,β-unsaturated/α-hetero) is 1. The molecule has 3 aromatic rings. The van der Waals surface area contributed by atoms with Crippen LogP contribution in [-0.2, 0) is 16.0 Å². The number of halogens is 2. The normalized spacial score (nSPS) is 18.7. The molecule has 2 heterocycles. The summed E-state index contributed by atoms with van der Waals surface area (Å²) in [7, 11) is 1.45. The molecular formula is C26H19ClFNO5. The Morgan fingerprint density at radius 1 is 1.15 bits per heavy atom. The lowest BCUT2D eigenvalue weighted by molar-refractivity contribution is -0.132. The number of aliphatic hydroxyl groups is 1. The van der Waals surface area contributed by atoms with Crippen LogP contribution >= 0.6 is 11.6 Å². The van der Waals surface area contributed by atoms with E-state index in [9.17, 15) is 19.1 Å². The second kappa shape index (κ2) is 8.50. The Balaban J connectivity index is 1.72. The van der Waals surface area contributed by atoms with Crippen LogP contribution in [0.5, 0.6) is 11.5 Å². The van der Waals surface area contributed by atoms with E-state index in [2.05, 4.69) is 0 Å². The zero-order chi connectivity index (χ0) is 24.0. The molecule has 1 saturated heterocycles. The number of nitrogens with zero attached hydrogens (tertiary/aromatic N) is 1. The maximum Gasteiger partial charge on any atom is 0.300 e. The fraction of sp³-hybridized carbons (Fsp3) is 0.154. The van der Waals surface area contributed by atoms with Gasteiger partial charge in [-0.25, -0.2) is 4.39 Å². The lowest BCUT2D eigenvalue weighted by Crippen LogP contribution is -2.29. The molecule has 6 nitrogen and oxygen atoms in total. The number of ketones is 1. The Labute approximate surface area is 199 Å². The van der Waals surface area contributed by atoms with Gasteiger partial charge in [-0.3, -0.25) is 14.5 Å². The number of carbonyl (C=O) groups is 2. The number of methoxy groups -OCH3 is 1. The first-order valence-corrected chi connectivity index (χ1v) is 10.9. The van der Waals surface area contributed by atoms with Gasteiger partial charge in [0, 0.05) is 23.2 Å². The third-order valence-corrected chi connectivity index (χ3v) is 6.32. The van der Waals surface area contributed by atoms with Crippen LogP contribution in [0.1, 0.15) is 22.7 Å². The number of fused-ring (bicyclic) bond motifs is 1. The number of carbonyl (C=O) groups excluding carboxylic acids is 2. The molecule has 34 heavy (non-hydrogen) atoms. The summed E-state index contributed by atoms with van der Waals surface area (Å²) in [6.07, 6.45) is 0.659. The maximum atomic E-state index is 15.0. The van der Waals surface area contributed by atoms with Gasteiger partial charge in [-0.15, -0.1) is 0 Å². The molecule has 1 amide bonds. The summed E-state index contributed by atoms with van der Waals surface area (Å²) in [5.74, 6) is -1.74. The summed E-state index contributed by atoms with van der Waals surface area (Å²) in [5, 5.41) is 11.4. The highest BCUT2D eigenvalue weighted by atomic mass is 35.5. The topological polar surface area (TPSA) is 76.1 Å². The van der Waals surface area contributed by atoms with E-state index in [1.54, 1.807) is 36.4 Å². The van der Waals surface area contributed by atoms with Gasteiger partial charge in [0.2, 0.25) is 0 Å². The van der Waals surface area contributed by atoms with Crippen LogP contribution in [0, 0.1) is 5.82 Å². The number of anilines is 1. The lowest BCUT2D eigenvalue weighted by Gasteiger charge is -2.26. The Bertz CT molecular complexity index is 1370. The van der Waals surface area contributed by atoms with Crippen molar-refractivity contribution in [1.82, 2.24) is 0 Å². The van der Waals surface area contributed by atoms with E-state index in [0.717, 1.165) is 10.5 Å². The van der Waals surface area contributed by atoms with Gasteiger partial charge in [0.25, 0.3) is 11.7 Å². The fourth-order valence-electron chi connectivity index (χ4n) is 4.38. The van der Waals surface area contributed by atoms with Gasteiger partial charge in [0.1, 0.15) is 23.1 Å². The first-order chi connectivity index (χ1) is 16.4. The number of aliphatic hydroxyl groups excluding tert-OH is 1. The molecular weight excluding hydrogens is 461 g/mol. The van der Waals surface area contributed by atoms with Gasteiger partial charge in [-0.1, -0.05) is 29.8 Å². The average Bonchev–Trinajstić information content (AvgIpc) is 3.41. The van der Waals surface area contributed by atoms with Crippen LogP contribution in [-0.4, -0.2) is 30.5 Å². The summed E-state index contributed by atoms with van der Waals surface area (Å²) >= 11 is 6.27. The van der Waals surface area contributed by atoms with E-state index < -0.39 is 23.5 Å². The van der Waals surface area contributed by atoms with Gasteiger partial charge in [-0.2, -0.15) is 0 Å². The second-order valence-electron chi connectivity index (χ2n) is 7.93. The molecule has 5 rings (SSSR count). The van der Waals surface area contributed by atoms with Crippen molar-refractivity contribution in [2.45, 2.75) is 12.5 Å². The van der Waals surface area contributed by atoms with Crippen molar-refractivity contribution in [1.29, 1.82) is 0 Å². The Morgan fingerprint density at radius 3 is 2.68 bits per heavy atom. The predicted molar refractivity (Wildman–Crippen MR) is 125 cm³/mol. The quantitative estimate of drug-likeness (QED) is 0.322. The molecule has 1 unspecified atom stereocenters. The van der Waals surface area contributed by atoms with Crippen molar-refractivity contribution in [2.24, 2.45) is 0 Å². The van der Waals surface area contributed by atoms with Gasteiger partial charge in [0.05, 0.1) is 30.4 Å². The molecule has 1 N–H and O–H groups in total. The third kappa shape index (κ3) is 3.49. The largest absolute Gasteiger partial charge is 0.507 e. The zero-order valence-electron chi connectivity index (χ0n) is 18.0. The summed E-state index contributed by atoms with van der Waals surface area (Å²) in [6, 6.07) is 14.2. The molecule has 0 aliphatic carbocycles. The minimum atomic E-state index is -1.20.